The number of rotatable bonds is 5. The van der Waals surface area contributed by atoms with Crippen LogP contribution in [0.5, 0.6) is 0 Å². The van der Waals surface area contributed by atoms with Gasteiger partial charge in [0.15, 0.2) is 18.3 Å². The second kappa shape index (κ2) is 6.86. The highest BCUT2D eigenvalue weighted by Crippen LogP contribution is 2.22. The molecule has 0 aliphatic carbocycles. The van der Waals surface area contributed by atoms with Gasteiger partial charge in [0.05, 0.1) is 27.4 Å². The number of carbonyl (C=O) groups is 2. The van der Waals surface area contributed by atoms with Crippen molar-refractivity contribution in [2.24, 2.45) is 0 Å². The van der Waals surface area contributed by atoms with E-state index >= 15 is 0 Å². The molecule has 6 nitrogen and oxygen atoms in total. The number of hydrogen-bond acceptors (Lipinski definition) is 8. The summed E-state index contributed by atoms with van der Waals surface area (Å²) in [4.78, 5) is 32.5. The number of nitriles is 1. The van der Waals surface area contributed by atoms with Gasteiger partial charge in [-0.15, -0.1) is 22.7 Å². The lowest BCUT2D eigenvalue weighted by Gasteiger charge is -2.07. The minimum atomic E-state index is -1.01. The minimum Gasteiger partial charge on any atom is -0.454 e. The van der Waals surface area contributed by atoms with Crippen LogP contribution in [-0.4, -0.2) is 28.3 Å². The third-order valence-electron chi connectivity index (χ3n) is 3.25. The molecule has 0 N–H and O–H groups in total. The van der Waals surface area contributed by atoms with Crippen LogP contribution in [0, 0.1) is 18.3 Å². The van der Waals surface area contributed by atoms with E-state index in [0.717, 1.165) is 15.9 Å². The van der Waals surface area contributed by atoms with Gasteiger partial charge in [-0.3, -0.25) is 4.79 Å². The van der Waals surface area contributed by atoms with Gasteiger partial charge in [0, 0.05) is 11.1 Å². The molecule has 3 rings (SSSR count). The van der Waals surface area contributed by atoms with Crippen LogP contribution in [0.15, 0.2) is 29.1 Å². The minimum absolute atomic E-state index is 0.346. The first kappa shape index (κ1) is 16.2. The number of carbonyl (C=O) groups excluding carboxylic acids is 2. The molecule has 0 amide bonds. The number of thiazole rings is 2. The Morgan fingerprint density at radius 3 is 2.92 bits per heavy atom. The van der Waals surface area contributed by atoms with E-state index in [-0.39, 0.29) is 0 Å². The fourth-order valence-corrected chi connectivity index (χ4v) is 3.63. The second-order valence-corrected chi connectivity index (χ2v) is 6.74. The first-order valence-corrected chi connectivity index (χ1v) is 8.69. The van der Waals surface area contributed by atoms with Crippen molar-refractivity contribution >= 4 is 44.6 Å². The second-order valence-electron chi connectivity index (χ2n) is 4.97. The summed E-state index contributed by atoms with van der Waals surface area (Å²) in [5, 5.41) is 11.4. The van der Waals surface area contributed by atoms with Gasteiger partial charge in [-0.05, 0) is 25.1 Å². The lowest BCUT2D eigenvalue weighted by atomic mass is 10.1. The number of esters is 1. The monoisotopic (exact) mass is 357 g/mol. The molecule has 2 aromatic heterocycles. The molecule has 0 spiro atoms. The van der Waals surface area contributed by atoms with Crippen molar-refractivity contribution in [3.05, 3.63) is 45.4 Å². The predicted molar refractivity (Wildman–Crippen MR) is 90.1 cm³/mol. The lowest BCUT2D eigenvalue weighted by molar-refractivity contribution is -0.122. The molecule has 1 aromatic carbocycles. The van der Waals surface area contributed by atoms with Crippen LogP contribution in [0.25, 0.3) is 10.2 Å². The molecule has 0 bridgehead atoms. The summed E-state index contributed by atoms with van der Waals surface area (Å²) in [6.07, 6.45) is 0. The van der Waals surface area contributed by atoms with E-state index in [2.05, 4.69) is 9.97 Å². The van der Waals surface area contributed by atoms with Crippen LogP contribution in [-0.2, 0) is 9.53 Å². The zero-order valence-electron chi connectivity index (χ0n) is 12.6. The van der Waals surface area contributed by atoms with Crippen molar-refractivity contribution in [2.45, 2.75) is 12.8 Å². The smallest absolute Gasteiger partial charge is 0.338 e. The Kier molecular flexibility index (Phi) is 4.64. The standard InChI is InChI=1S/C16H11N3O3S2/c1-9-7-23-15(19-9)11(5-17)13(20)6-22-16(21)10-2-3-12-14(4-10)24-8-18-12/h2-4,7-8,11H,6H2,1H3/t11-/m1/s1. The maximum absolute atomic E-state index is 12.1. The van der Waals surface area contributed by atoms with Gasteiger partial charge in [-0.25, -0.2) is 14.8 Å². The van der Waals surface area contributed by atoms with Crippen molar-refractivity contribution in [3.8, 4) is 6.07 Å². The van der Waals surface area contributed by atoms with Gasteiger partial charge in [0.25, 0.3) is 0 Å². The first-order chi connectivity index (χ1) is 11.6. The van der Waals surface area contributed by atoms with Crippen molar-refractivity contribution in [1.82, 2.24) is 9.97 Å². The van der Waals surface area contributed by atoms with Crippen LogP contribution in [0.3, 0.4) is 0 Å². The van der Waals surface area contributed by atoms with Crippen LogP contribution < -0.4 is 0 Å². The van der Waals surface area contributed by atoms with Crippen molar-refractivity contribution in [3.63, 3.8) is 0 Å². The highest BCUT2D eigenvalue weighted by atomic mass is 32.1. The molecule has 0 unspecified atom stereocenters. The summed E-state index contributed by atoms with van der Waals surface area (Å²) in [5.74, 6) is -2.11. The molecule has 0 saturated carbocycles. The Bertz CT molecular complexity index is 955. The number of fused-ring (bicyclic) bond motifs is 1. The van der Waals surface area contributed by atoms with Crippen LogP contribution in [0.2, 0.25) is 0 Å². The Morgan fingerprint density at radius 1 is 1.38 bits per heavy atom. The van der Waals surface area contributed by atoms with E-state index in [1.165, 1.54) is 22.7 Å². The molecule has 0 radical (unpaired) electrons. The first-order valence-electron chi connectivity index (χ1n) is 6.93. The van der Waals surface area contributed by atoms with Crippen molar-refractivity contribution in [1.29, 1.82) is 5.26 Å². The number of benzene rings is 1. The van der Waals surface area contributed by atoms with Gasteiger partial charge < -0.3 is 4.74 Å². The number of aryl methyl sites for hydroxylation is 1. The van der Waals surface area contributed by atoms with E-state index in [1.54, 1.807) is 36.0 Å². The molecule has 1 atom stereocenters. The average molecular weight is 357 g/mol. The lowest BCUT2D eigenvalue weighted by Crippen LogP contribution is -2.19. The van der Waals surface area contributed by atoms with Crippen molar-refractivity contribution in [2.75, 3.05) is 6.61 Å². The largest absolute Gasteiger partial charge is 0.454 e. The average Bonchev–Trinajstić information content (AvgIpc) is 3.21. The normalized spacial score (nSPS) is 11.8. The van der Waals surface area contributed by atoms with Crippen LogP contribution in [0.1, 0.15) is 27.0 Å². The SMILES string of the molecule is Cc1csc([C@H](C#N)C(=O)COC(=O)c2ccc3ncsc3c2)n1. The Morgan fingerprint density at radius 2 is 2.21 bits per heavy atom. The summed E-state index contributed by atoms with van der Waals surface area (Å²) in [5.41, 5.74) is 3.59. The molecule has 3 aromatic rings. The summed E-state index contributed by atoms with van der Waals surface area (Å²) in [6.45, 7) is 1.32. The fraction of sp³-hybridized carbons (Fsp3) is 0.188. The van der Waals surface area contributed by atoms with Gasteiger partial charge in [0.1, 0.15) is 5.01 Å². The Labute approximate surface area is 145 Å². The quantitative estimate of drug-likeness (QED) is 0.652. The summed E-state index contributed by atoms with van der Waals surface area (Å²) in [6, 6.07) is 6.91. The van der Waals surface area contributed by atoms with Gasteiger partial charge in [0.2, 0.25) is 0 Å². The molecule has 2 heterocycles. The number of Topliss-reactive ketones (excluding diaryl/α,β-unsaturated/α-hetero) is 1. The summed E-state index contributed by atoms with van der Waals surface area (Å²) < 4.78 is 5.91. The molecular weight excluding hydrogens is 346 g/mol. The molecule has 8 heteroatoms. The number of ketones is 1. The van der Waals surface area contributed by atoms with E-state index in [0.29, 0.717) is 10.6 Å². The van der Waals surface area contributed by atoms with E-state index in [4.69, 9.17) is 4.74 Å². The zero-order chi connectivity index (χ0) is 17.1. The fourth-order valence-electron chi connectivity index (χ4n) is 2.06. The number of hydrogen-bond donors (Lipinski definition) is 0. The maximum atomic E-state index is 12.1. The third-order valence-corrected chi connectivity index (χ3v) is 5.07. The molecule has 120 valence electrons. The molecular formula is C16H11N3O3S2. The van der Waals surface area contributed by atoms with Crippen LogP contribution in [0.4, 0.5) is 0 Å². The number of ether oxygens (including phenoxy) is 1. The molecule has 0 saturated heterocycles. The Balaban J connectivity index is 1.66. The van der Waals surface area contributed by atoms with E-state index in [1.807, 2.05) is 6.07 Å². The van der Waals surface area contributed by atoms with Gasteiger partial charge >= 0.3 is 5.97 Å². The molecule has 0 aliphatic heterocycles. The van der Waals surface area contributed by atoms with Crippen molar-refractivity contribution < 1.29 is 14.3 Å². The molecule has 0 fully saturated rings. The Hall–Kier alpha value is -2.63. The van der Waals surface area contributed by atoms with E-state index < -0.39 is 24.3 Å². The molecule has 0 aliphatic rings. The molecule has 24 heavy (non-hydrogen) atoms. The van der Waals surface area contributed by atoms with Gasteiger partial charge in [-0.2, -0.15) is 5.26 Å². The summed E-state index contributed by atoms with van der Waals surface area (Å²) >= 11 is 2.66. The maximum Gasteiger partial charge on any atom is 0.338 e. The third kappa shape index (κ3) is 3.32. The summed E-state index contributed by atoms with van der Waals surface area (Å²) in [7, 11) is 0. The predicted octanol–water partition coefficient (Wildman–Crippen LogP) is 3.09. The number of aromatic nitrogens is 2. The van der Waals surface area contributed by atoms with Crippen LogP contribution >= 0.6 is 22.7 Å². The zero-order valence-corrected chi connectivity index (χ0v) is 14.2. The van der Waals surface area contributed by atoms with Gasteiger partial charge in [-0.1, -0.05) is 0 Å². The number of nitrogens with zero attached hydrogens (tertiary/aromatic N) is 3. The highest BCUT2D eigenvalue weighted by molar-refractivity contribution is 7.16. The van der Waals surface area contributed by atoms with E-state index in [9.17, 15) is 14.9 Å². The topological polar surface area (TPSA) is 92.9 Å². The highest BCUT2D eigenvalue weighted by Gasteiger charge is 2.24.